The van der Waals surface area contributed by atoms with Crippen LogP contribution < -0.4 is 0 Å². The second kappa shape index (κ2) is 5.36. The van der Waals surface area contributed by atoms with Crippen LogP contribution in [0.15, 0.2) is 54.6 Å². The van der Waals surface area contributed by atoms with Gasteiger partial charge in [0.25, 0.3) is 0 Å². The van der Waals surface area contributed by atoms with E-state index in [2.05, 4.69) is 19.1 Å². The van der Waals surface area contributed by atoms with Gasteiger partial charge in [0.2, 0.25) is 0 Å². The summed E-state index contributed by atoms with van der Waals surface area (Å²) < 4.78 is 0. The molecule has 0 spiro atoms. The average molecular weight is 240 g/mol. The van der Waals surface area contributed by atoms with Crippen molar-refractivity contribution in [1.82, 2.24) is 0 Å². The molecule has 0 heterocycles. The van der Waals surface area contributed by atoms with E-state index in [1.54, 1.807) is 0 Å². The molecule has 0 aliphatic heterocycles. The molecule has 0 unspecified atom stereocenters. The van der Waals surface area contributed by atoms with Crippen molar-refractivity contribution in [3.05, 3.63) is 71.3 Å². The number of hydrogen-bond donors (Lipinski definition) is 1. The van der Waals surface area contributed by atoms with Gasteiger partial charge in [0.05, 0.1) is 5.60 Å². The molecule has 1 nitrogen and oxygen atoms in total. The maximum absolute atomic E-state index is 10.5. The quantitative estimate of drug-likeness (QED) is 0.861. The summed E-state index contributed by atoms with van der Waals surface area (Å²) in [5, 5.41) is 10.5. The van der Waals surface area contributed by atoms with Crippen molar-refractivity contribution >= 4 is 0 Å². The van der Waals surface area contributed by atoms with Gasteiger partial charge < -0.3 is 5.11 Å². The molecular formula is C17H20O. The van der Waals surface area contributed by atoms with Gasteiger partial charge in [-0.15, -0.1) is 0 Å². The van der Waals surface area contributed by atoms with Crippen LogP contribution in [-0.4, -0.2) is 5.11 Å². The SMILES string of the molecule is Cc1ccc([C@@](C)(O)CCc2ccccc2)cc1. The molecule has 1 atom stereocenters. The molecule has 1 N–H and O–H groups in total. The van der Waals surface area contributed by atoms with Crippen molar-refractivity contribution in [1.29, 1.82) is 0 Å². The molecule has 2 aromatic rings. The highest BCUT2D eigenvalue weighted by Gasteiger charge is 2.22. The standard InChI is InChI=1S/C17H20O/c1-14-8-10-16(11-9-14)17(2,18)13-12-15-6-4-3-5-7-15/h3-11,18H,12-13H2,1-2H3/t17-/m0/s1. The lowest BCUT2D eigenvalue weighted by atomic mass is 9.89. The Morgan fingerprint density at radius 1 is 0.944 bits per heavy atom. The Bertz CT molecular complexity index is 483. The van der Waals surface area contributed by atoms with E-state index in [1.165, 1.54) is 11.1 Å². The van der Waals surface area contributed by atoms with Crippen LogP contribution in [0, 0.1) is 6.92 Å². The summed E-state index contributed by atoms with van der Waals surface area (Å²) in [5.41, 5.74) is 2.72. The molecular weight excluding hydrogens is 220 g/mol. The Morgan fingerprint density at radius 2 is 1.56 bits per heavy atom. The van der Waals surface area contributed by atoms with Crippen molar-refractivity contribution in [2.45, 2.75) is 32.3 Å². The molecule has 0 radical (unpaired) electrons. The number of benzene rings is 2. The molecule has 0 amide bonds. The van der Waals surface area contributed by atoms with E-state index >= 15 is 0 Å². The van der Waals surface area contributed by atoms with E-state index in [9.17, 15) is 5.11 Å². The zero-order valence-electron chi connectivity index (χ0n) is 11.1. The van der Waals surface area contributed by atoms with Crippen LogP contribution in [0.25, 0.3) is 0 Å². The third-order valence-electron chi connectivity index (χ3n) is 3.42. The zero-order chi connectivity index (χ0) is 13.0. The molecule has 18 heavy (non-hydrogen) atoms. The van der Waals surface area contributed by atoms with E-state index in [4.69, 9.17) is 0 Å². The first-order chi connectivity index (χ1) is 8.58. The normalized spacial score (nSPS) is 14.2. The van der Waals surface area contributed by atoms with Crippen LogP contribution in [-0.2, 0) is 12.0 Å². The average Bonchev–Trinajstić information content (AvgIpc) is 2.38. The lowest BCUT2D eigenvalue weighted by Crippen LogP contribution is -2.21. The van der Waals surface area contributed by atoms with Crippen LogP contribution in [0.3, 0.4) is 0 Å². The van der Waals surface area contributed by atoms with Crippen molar-refractivity contribution in [3.8, 4) is 0 Å². The van der Waals surface area contributed by atoms with Crippen LogP contribution in [0.2, 0.25) is 0 Å². The zero-order valence-corrected chi connectivity index (χ0v) is 11.1. The largest absolute Gasteiger partial charge is 0.385 e. The van der Waals surface area contributed by atoms with Gasteiger partial charge >= 0.3 is 0 Å². The minimum absolute atomic E-state index is 0.736. The third kappa shape index (κ3) is 3.21. The molecule has 0 saturated carbocycles. The maximum atomic E-state index is 10.5. The predicted molar refractivity (Wildman–Crippen MR) is 75.5 cm³/mol. The Labute approximate surface area is 109 Å². The Morgan fingerprint density at radius 3 is 2.17 bits per heavy atom. The van der Waals surface area contributed by atoms with Gasteiger partial charge in [-0.05, 0) is 37.8 Å². The number of aryl methyl sites for hydroxylation is 2. The molecule has 2 aromatic carbocycles. The number of rotatable bonds is 4. The van der Waals surface area contributed by atoms with E-state index < -0.39 is 5.60 Å². The van der Waals surface area contributed by atoms with Crippen LogP contribution in [0.4, 0.5) is 0 Å². The summed E-state index contributed by atoms with van der Waals surface area (Å²) in [5.74, 6) is 0. The van der Waals surface area contributed by atoms with Crippen molar-refractivity contribution < 1.29 is 5.11 Å². The molecule has 0 bridgehead atoms. The second-order valence-electron chi connectivity index (χ2n) is 5.13. The van der Waals surface area contributed by atoms with Gasteiger partial charge in [-0.2, -0.15) is 0 Å². The highest BCUT2D eigenvalue weighted by atomic mass is 16.3. The first kappa shape index (κ1) is 12.8. The third-order valence-corrected chi connectivity index (χ3v) is 3.42. The van der Waals surface area contributed by atoms with Gasteiger partial charge in [0, 0.05) is 0 Å². The fourth-order valence-electron chi connectivity index (χ4n) is 2.09. The van der Waals surface area contributed by atoms with Gasteiger partial charge in [-0.25, -0.2) is 0 Å². The first-order valence-electron chi connectivity index (χ1n) is 6.41. The van der Waals surface area contributed by atoms with Crippen LogP contribution in [0.1, 0.15) is 30.0 Å². The molecule has 2 rings (SSSR count). The molecule has 0 aliphatic carbocycles. The number of aliphatic hydroxyl groups is 1. The van der Waals surface area contributed by atoms with Crippen LogP contribution >= 0.6 is 0 Å². The monoisotopic (exact) mass is 240 g/mol. The lowest BCUT2D eigenvalue weighted by Gasteiger charge is -2.24. The van der Waals surface area contributed by atoms with Crippen LogP contribution in [0.5, 0.6) is 0 Å². The van der Waals surface area contributed by atoms with Gasteiger partial charge in [0.15, 0.2) is 0 Å². The molecule has 0 saturated heterocycles. The summed E-state index contributed by atoms with van der Waals surface area (Å²) in [7, 11) is 0. The molecule has 0 aliphatic rings. The first-order valence-corrected chi connectivity index (χ1v) is 6.41. The van der Waals surface area contributed by atoms with Crippen molar-refractivity contribution in [3.63, 3.8) is 0 Å². The van der Waals surface area contributed by atoms with E-state index in [-0.39, 0.29) is 0 Å². The summed E-state index contributed by atoms with van der Waals surface area (Å²) in [6, 6.07) is 18.4. The fourth-order valence-corrected chi connectivity index (χ4v) is 2.09. The Kier molecular flexibility index (Phi) is 3.83. The molecule has 1 heteroatoms. The summed E-state index contributed by atoms with van der Waals surface area (Å²) in [6.45, 7) is 3.95. The van der Waals surface area contributed by atoms with Gasteiger partial charge in [-0.3, -0.25) is 0 Å². The van der Waals surface area contributed by atoms with Crippen molar-refractivity contribution in [2.24, 2.45) is 0 Å². The van der Waals surface area contributed by atoms with E-state index in [0.717, 1.165) is 18.4 Å². The maximum Gasteiger partial charge on any atom is 0.0871 e. The van der Waals surface area contributed by atoms with Gasteiger partial charge in [0.1, 0.15) is 0 Å². The Hall–Kier alpha value is -1.60. The summed E-state index contributed by atoms with van der Waals surface area (Å²) >= 11 is 0. The topological polar surface area (TPSA) is 20.2 Å². The minimum Gasteiger partial charge on any atom is -0.385 e. The summed E-state index contributed by atoms with van der Waals surface area (Å²) in [4.78, 5) is 0. The summed E-state index contributed by atoms with van der Waals surface area (Å²) in [6.07, 6.45) is 1.63. The smallest absolute Gasteiger partial charge is 0.0871 e. The van der Waals surface area contributed by atoms with Gasteiger partial charge in [-0.1, -0.05) is 60.2 Å². The highest BCUT2D eigenvalue weighted by molar-refractivity contribution is 5.26. The second-order valence-corrected chi connectivity index (χ2v) is 5.13. The highest BCUT2D eigenvalue weighted by Crippen LogP contribution is 2.26. The number of hydrogen-bond acceptors (Lipinski definition) is 1. The molecule has 94 valence electrons. The molecule has 0 aromatic heterocycles. The van der Waals surface area contributed by atoms with Crippen molar-refractivity contribution in [2.75, 3.05) is 0 Å². The minimum atomic E-state index is -0.760. The van der Waals surface area contributed by atoms with E-state index in [1.807, 2.05) is 49.4 Å². The lowest BCUT2D eigenvalue weighted by molar-refractivity contribution is 0.0480. The fraction of sp³-hybridized carbons (Fsp3) is 0.294. The molecule has 0 fully saturated rings. The predicted octanol–water partition coefficient (Wildman–Crippen LogP) is 3.84. The van der Waals surface area contributed by atoms with E-state index in [0.29, 0.717) is 0 Å². The Balaban J connectivity index is 2.05.